The highest BCUT2D eigenvalue weighted by atomic mass is 16.5. The molecule has 0 fully saturated rings. The van der Waals surface area contributed by atoms with Crippen LogP contribution in [0.15, 0.2) is 85.2 Å². The second-order valence-electron chi connectivity index (χ2n) is 14.0. The number of hydrogen-bond donors (Lipinski definition) is 5. The van der Waals surface area contributed by atoms with E-state index in [1.807, 2.05) is 60.7 Å². The molecule has 1 amide bonds. The van der Waals surface area contributed by atoms with Crippen molar-refractivity contribution in [2.75, 3.05) is 13.2 Å². The smallest absolute Gasteiger partial charge is 0.320 e. The Morgan fingerprint density at radius 2 is 1.47 bits per heavy atom. The standard InChI is InChI=1S/C41H53N5O5/c1-5-6-7-8-9-24-51-34-20-16-29(17-21-34)32-26-43-37(44-27-32)30-12-10-28(11-13-30)25-36(39(48)45-35(22-23-42)40(49)50)46-38(47)31-14-18-33(19-15-31)41(2,3)4/h10-21,26-27,35-36,39,45,48H,5-9,22-25,42H2,1-4H3,(H,46,47)(H,49,50)/t35-,36-,39?/m0/s1. The number of ether oxygens (including phenoxy) is 1. The highest BCUT2D eigenvalue weighted by molar-refractivity contribution is 5.94. The maximum absolute atomic E-state index is 13.3. The van der Waals surface area contributed by atoms with Crippen molar-refractivity contribution in [3.8, 4) is 28.3 Å². The van der Waals surface area contributed by atoms with E-state index in [0.717, 1.165) is 46.6 Å². The van der Waals surface area contributed by atoms with Crippen LogP contribution >= 0.6 is 0 Å². The number of hydrogen-bond acceptors (Lipinski definition) is 8. The van der Waals surface area contributed by atoms with E-state index in [4.69, 9.17) is 10.5 Å². The van der Waals surface area contributed by atoms with Gasteiger partial charge in [0.1, 0.15) is 18.0 Å². The molecule has 6 N–H and O–H groups in total. The number of nitrogens with one attached hydrogen (secondary N) is 2. The SMILES string of the molecule is CCCCCCCOc1ccc(-c2cnc(-c3ccc(C[C@H](NC(=O)c4ccc(C(C)(C)C)cc4)C(O)N[C@@H](CCN)C(=O)O)cc3)nc2)cc1. The molecule has 0 radical (unpaired) electrons. The zero-order chi connectivity index (χ0) is 36.8. The first-order chi connectivity index (χ1) is 24.5. The van der Waals surface area contributed by atoms with Crippen LogP contribution in [-0.2, 0) is 16.6 Å². The van der Waals surface area contributed by atoms with Gasteiger partial charge in [0.25, 0.3) is 5.91 Å². The number of aliphatic hydroxyl groups is 1. The molecule has 1 heterocycles. The van der Waals surface area contributed by atoms with Crippen LogP contribution in [0.5, 0.6) is 5.75 Å². The Hall–Kier alpha value is -4.64. The number of carbonyl (C=O) groups excluding carboxylic acids is 1. The predicted octanol–water partition coefficient (Wildman–Crippen LogP) is 6.51. The van der Waals surface area contributed by atoms with Crippen LogP contribution in [0.25, 0.3) is 22.5 Å². The van der Waals surface area contributed by atoms with Gasteiger partial charge in [0.15, 0.2) is 5.82 Å². The fourth-order valence-corrected chi connectivity index (χ4v) is 5.69. The van der Waals surface area contributed by atoms with E-state index in [-0.39, 0.29) is 30.7 Å². The van der Waals surface area contributed by atoms with Gasteiger partial charge in [-0.1, -0.05) is 102 Å². The molecule has 3 atom stereocenters. The van der Waals surface area contributed by atoms with Crippen LogP contribution in [0.2, 0.25) is 0 Å². The van der Waals surface area contributed by atoms with Crippen molar-refractivity contribution in [2.45, 2.75) is 96.4 Å². The Morgan fingerprint density at radius 1 is 0.843 bits per heavy atom. The average molecular weight is 696 g/mol. The molecule has 51 heavy (non-hydrogen) atoms. The normalized spacial score (nSPS) is 13.3. The molecule has 0 aliphatic rings. The molecular weight excluding hydrogens is 642 g/mol. The molecule has 1 aromatic heterocycles. The first-order valence-electron chi connectivity index (χ1n) is 17.9. The van der Waals surface area contributed by atoms with Gasteiger partial charge >= 0.3 is 5.97 Å². The van der Waals surface area contributed by atoms with E-state index in [9.17, 15) is 19.8 Å². The zero-order valence-electron chi connectivity index (χ0n) is 30.3. The summed E-state index contributed by atoms with van der Waals surface area (Å²) in [5.74, 6) is -0.0991. The van der Waals surface area contributed by atoms with Gasteiger partial charge < -0.3 is 26.0 Å². The number of nitrogens with two attached hydrogens (primary N) is 1. The second kappa shape index (κ2) is 19.1. The van der Waals surface area contributed by atoms with E-state index in [2.05, 4.69) is 48.3 Å². The maximum Gasteiger partial charge on any atom is 0.320 e. The molecule has 1 unspecified atom stereocenters. The molecule has 10 heteroatoms. The molecule has 3 aromatic carbocycles. The first kappa shape index (κ1) is 39.2. The Balaban J connectivity index is 1.42. The fourth-order valence-electron chi connectivity index (χ4n) is 5.69. The minimum atomic E-state index is -1.36. The largest absolute Gasteiger partial charge is 0.494 e. The molecule has 0 saturated heterocycles. The molecule has 272 valence electrons. The average Bonchev–Trinajstić information content (AvgIpc) is 3.13. The number of carbonyl (C=O) groups is 2. The number of nitrogens with zero attached hydrogens (tertiary/aromatic N) is 2. The lowest BCUT2D eigenvalue weighted by molar-refractivity contribution is -0.140. The lowest BCUT2D eigenvalue weighted by Crippen LogP contribution is -2.55. The van der Waals surface area contributed by atoms with Crippen LogP contribution in [0.4, 0.5) is 0 Å². The fraction of sp³-hybridized carbons (Fsp3) is 0.415. The molecule has 4 aromatic rings. The number of aliphatic carboxylic acids is 1. The van der Waals surface area contributed by atoms with Gasteiger partial charge in [0.05, 0.1) is 12.6 Å². The van der Waals surface area contributed by atoms with Crippen LogP contribution in [0, 0.1) is 0 Å². The van der Waals surface area contributed by atoms with Gasteiger partial charge in [-0.05, 0) is 72.2 Å². The summed E-state index contributed by atoms with van der Waals surface area (Å²) in [5, 5.41) is 26.4. The van der Waals surface area contributed by atoms with Crippen molar-refractivity contribution in [3.63, 3.8) is 0 Å². The Morgan fingerprint density at radius 3 is 2.06 bits per heavy atom. The van der Waals surface area contributed by atoms with Gasteiger partial charge in [-0.15, -0.1) is 0 Å². The number of aromatic nitrogens is 2. The lowest BCUT2D eigenvalue weighted by atomic mass is 9.86. The van der Waals surface area contributed by atoms with Crippen molar-refractivity contribution in [3.05, 3.63) is 102 Å². The quantitative estimate of drug-likeness (QED) is 0.0545. The van der Waals surface area contributed by atoms with Crippen LogP contribution in [0.3, 0.4) is 0 Å². The summed E-state index contributed by atoms with van der Waals surface area (Å²) in [6.45, 7) is 9.35. The third kappa shape index (κ3) is 12.0. The number of carboxylic acids is 1. The summed E-state index contributed by atoms with van der Waals surface area (Å²) in [5.41, 5.74) is 10.6. The van der Waals surface area contributed by atoms with Crippen molar-refractivity contribution in [1.82, 2.24) is 20.6 Å². The third-order valence-corrected chi connectivity index (χ3v) is 8.86. The van der Waals surface area contributed by atoms with Gasteiger partial charge in [0.2, 0.25) is 0 Å². The van der Waals surface area contributed by atoms with E-state index in [1.165, 1.54) is 25.7 Å². The molecule has 0 saturated carbocycles. The maximum atomic E-state index is 13.3. The summed E-state index contributed by atoms with van der Waals surface area (Å²) in [6.07, 6.45) is 8.58. The number of benzene rings is 3. The molecule has 10 nitrogen and oxygen atoms in total. The van der Waals surface area contributed by atoms with Gasteiger partial charge in [-0.3, -0.25) is 14.9 Å². The van der Waals surface area contributed by atoms with Gasteiger partial charge in [-0.2, -0.15) is 0 Å². The first-order valence-corrected chi connectivity index (χ1v) is 17.9. The number of carboxylic acid groups (broad SMARTS) is 1. The highest BCUT2D eigenvalue weighted by Gasteiger charge is 2.27. The van der Waals surface area contributed by atoms with Crippen LogP contribution < -0.4 is 21.1 Å². The Kier molecular flexibility index (Phi) is 14.7. The zero-order valence-corrected chi connectivity index (χ0v) is 30.3. The van der Waals surface area contributed by atoms with Crippen LogP contribution in [0.1, 0.15) is 87.7 Å². The molecule has 4 rings (SSSR count). The minimum absolute atomic E-state index is 0.0690. The predicted molar refractivity (Wildman–Crippen MR) is 201 cm³/mol. The Labute approximate surface area is 301 Å². The van der Waals surface area contributed by atoms with Gasteiger partial charge in [0, 0.05) is 29.1 Å². The molecule has 0 aliphatic carbocycles. The number of rotatable bonds is 19. The summed E-state index contributed by atoms with van der Waals surface area (Å²) in [4.78, 5) is 34.3. The third-order valence-electron chi connectivity index (χ3n) is 8.86. The van der Waals surface area contributed by atoms with E-state index < -0.39 is 24.3 Å². The number of aliphatic hydroxyl groups excluding tert-OH is 1. The van der Waals surface area contributed by atoms with E-state index >= 15 is 0 Å². The van der Waals surface area contributed by atoms with Crippen molar-refractivity contribution < 1.29 is 24.5 Å². The van der Waals surface area contributed by atoms with Crippen molar-refractivity contribution in [1.29, 1.82) is 0 Å². The molecular formula is C41H53N5O5. The Bertz CT molecular complexity index is 1650. The second-order valence-corrected chi connectivity index (χ2v) is 14.0. The molecule has 0 aliphatic heterocycles. The topological polar surface area (TPSA) is 160 Å². The van der Waals surface area contributed by atoms with Crippen LogP contribution in [-0.4, -0.2) is 63.5 Å². The highest BCUT2D eigenvalue weighted by Crippen LogP contribution is 2.25. The number of amides is 1. The van der Waals surface area contributed by atoms with Gasteiger partial charge in [-0.25, -0.2) is 9.97 Å². The molecule has 0 spiro atoms. The van der Waals surface area contributed by atoms with E-state index in [1.54, 1.807) is 24.5 Å². The molecule has 0 bridgehead atoms. The lowest BCUT2D eigenvalue weighted by Gasteiger charge is -2.28. The summed E-state index contributed by atoms with van der Waals surface area (Å²) in [7, 11) is 0. The van der Waals surface area contributed by atoms with Crippen molar-refractivity contribution in [2.24, 2.45) is 5.73 Å². The monoisotopic (exact) mass is 695 g/mol. The van der Waals surface area contributed by atoms with Crippen molar-refractivity contribution >= 4 is 11.9 Å². The number of unbranched alkanes of at least 4 members (excludes halogenated alkanes) is 4. The minimum Gasteiger partial charge on any atom is -0.494 e. The van der Waals surface area contributed by atoms with E-state index in [0.29, 0.717) is 11.4 Å². The summed E-state index contributed by atoms with van der Waals surface area (Å²) < 4.78 is 5.89. The summed E-state index contributed by atoms with van der Waals surface area (Å²) in [6, 6.07) is 20.9. The summed E-state index contributed by atoms with van der Waals surface area (Å²) >= 11 is 0.